The molecule has 0 saturated carbocycles. The number of hydrogen-bond acceptors (Lipinski definition) is 5. The van der Waals surface area contributed by atoms with Gasteiger partial charge in [-0.25, -0.2) is 18.7 Å². The average Bonchev–Trinajstić information content (AvgIpc) is 2.80. The number of carbonyl (C=O) groups excluding carboxylic acids is 1. The highest BCUT2D eigenvalue weighted by Gasteiger charge is 2.20. The maximum atomic E-state index is 13.2. The minimum absolute atomic E-state index is 0.143. The molecule has 118 valence electrons. The number of carbonyl (C=O) groups is 1. The van der Waals surface area contributed by atoms with Crippen LogP contribution >= 0.6 is 11.3 Å². The van der Waals surface area contributed by atoms with E-state index in [4.69, 9.17) is 5.73 Å². The van der Waals surface area contributed by atoms with Crippen molar-refractivity contribution >= 4 is 38.8 Å². The van der Waals surface area contributed by atoms with Crippen molar-refractivity contribution < 1.29 is 13.6 Å². The number of nitrogens with two attached hydrogens (primary N) is 1. The van der Waals surface area contributed by atoms with Crippen LogP contribution in [0.15, 0.2) is 18.2 Å². The van der Waals surface area contributed by atoms with E-state index < -0.39 is 17.5 Å². The quantitative estimate of drug-likeness (QED) is 0.752. The Morgan fingerprint density at radius 3 is 2.65 bits per heavy atom. The Bertz CT molecular complexity index is 939. The molecule has 0 aliphatic rings. The first-order valence-corrected chi connectivity index (χ1v) is 7.48. The Morgan fingerprint density at radius 2 is 1.96 bits per heavy atom. The fraction of sp³-hybridized carbons (Fsp3) is 0.133. The molecule has 23 heavy (non-hydrogen) atoms. The van der Waals surface area contributed by atoms with Crippen LogP contribution in [0, 0.1) is 25.5 Å². The lowest BCUT2D eigenvalue weighted by Crippen LogP contribution is -2.12. The van der Waals surface area contributed by atoms with Gasteiger partial charge in [0, 0.05) is 11.8 Å². The summed E-state index contributed by atoms with van der Waals surface area (Å²) >= 11 is 1.13. The molecule has 0 atom stereocenters. The lowest BCUT2D eigenvalue weighted by atomic mass is 10.2. The molecule has 0 bridgehead atoms. The predicted molar refractivity (Wildman–Crippen MR) is 85.6 cm³/mol. The minimum atomic E-state index is -1.04. The van der Waals surface area contributed by atoms with Crippen LogP contribution in [0.4, 0.5) is 20.2 Å². The molecular weight excluding hydrogens is 322 g/mol. The second kappa shape index (κ2) is 5.54. The zero-order valence-electron chi connectivity index (χ0n) is 12.3. The molecular formula is C15H12F2N4OS. The first-order chi connectivity index (χ1) is 10.9. The van der Waals surface area contributed by atoms with Crippen LogP contribution in [-0.4, -0.2) is 15.9 Å². The highest BCUT2D eigenvalue weighted by Crippen LogP contribution is 2.34. The van der Waals surface area contributed by atoms with E-state index in [-0.39, 0.29) is 16.3 Å². The summed E-state index contributed by atoms with van der Waals surface area (Å²) in [6.45, 7) is 3.54. The summed E-state index contributed by atoms with van der Waals surface area (Å²) in [6.07, 6.45) is 0. The van der Waals surface area contributed by atoms with Gasteiger partial charge in [0.05, 0.1) is 16.8 Å². The number of aromatic nitrogens is 2. The summed E-state index contributed by atoms with van der Waals surface area (Å²) in [4.78, 5) is 21.7. The van der Waals surface area contributed by atoms with Crippen LogP contribution in [0.2, 0.25) is 0 Å². The van der Waals surface area contributed by atoms with Crippen LogP contribution in [0.1, 0.15) is 21.2 Å². The molecule has 2 aromatic heterocycles. The monoisotopic (exact) mass is 334 g/mol. The number of nitrogens with zero attached hydrogens (tertiary/aromatic N) is 2. The molecule has 0 aliphatic heterocycles. The largest absolute Gasteiger partial charge is 0.397 e. The standard InChI is InChI=1S/C15H12F2N4OS/c1-6-11-12(18)13(23-15(11)20-7(2)19-6)14(22)21-8-3-4-9(16)10(17)5-8/h3-5H,18H2,1-2H3,(H,21,22). The Hall–Kier alpha value is -2.61. The van der Waals surface area contributed by atoms with Crippen molar-refractivity contribution in [3.8, 4) is 0 Å². The number of amides is 1. The van der Waals surface area contributed by atoms with Crippen molar-refractivity contribution in [2.75, 3.05) is 11.1 Å². The lowest BCUT2D eigenvalue weighted by Gasteiger charge is -2.05. The highest BCUT2D eigenvalue weighted by molar-refractivity contribution is 7.21. The van der Waals surface area contributed by atoms with Crippen LogP contribution in [0.3, 0.4) is 0 Å². The molecule has 3 rings (SSSR count). The van der Waals surface area contributed by atoms with Gasteiger partial charge in [-0.1, -0.05) is 0 Å². The summed E-state index contributed by atoms with van der Waals surface area (Å²) in [5, 5.41) is 3.13. The first-order valence-electron chi connectivity index (χ1n) is 6.66. The molecule has 0 unspecified atom stereocenters. The second-order valence-corrected chi connectivity index (χ2v) is 5.96. The topological polar surface area (TPSA) is 80.9 Å². The van der Waals surface area contributed by atoms with Crippen LogP contribution in [0.5, 0.6) is 0 Å². The van der Waals surface area contributed by atoms with Crippen molar-refractivity contribution in [2.24, 2.45) is 0 Å². The van der Waals surface area contributed by atoms with E-state index in [1.165, 1.54) is 6.07 Å². The van der Waals surface area contributed by atoms with Crippen molar-refractivity contribution in [3.05, 3.63) is 46.2 Å². The maximum absolute atomic E-state index is 13.2. The van der Waals surface area contributed by atoms with Crippen molar-refractivity contribution in [3.63, 3.8) is 0 Å². The summed E-state index contributed by atoms with van der Waals surface area (Å²) in [5.41, 5.74) is 7.15. The van der Waals surface area contributed by atoms with E-state index in [9.17, 15) is 13.6 Å². The number of anilines is 2. The number of nitrogen functional groups attached to an aromatic ring is 1. The average molecular weight is 334 g/mol. The number of benzene rings is 1. The zero-order valence-corrected chi connectivity index (χ0v) is 13.1. The Labute approximate surface area is 134 Å². The molecule has 0 spiro atoms. The molecule has 3 aromatic rings. The first kappa shape index (κ1) is 15.3. The van der Waals surface area contributed by atoms with Crippen molar-refractivity contribution in [1.82, 2.24) is 9.97 Å². The van der Waals surface area contributed by atoms with Gasteiger partial charge in [-0.3, -0.25) is 4.79 Å². The molecule has 2 heterocycles. The van der Waals surface area contributed by atoms with E-state index in [2.05, 4.69) is 15.3 Å². The molecule has 1 aromatic carbocycles. The smallest absolute Gasteiger partial charge is 0.267 e. The molecule has 8 heteroatoms. The second-order valence-electron chi connectivity index (χ2n) is 4.96. The molecule has 0 saturated heterocycles. The van der Waals surface area contributed by atoms with Crippen LogP contribution in [0.25, 0.3) is 10.2 Å². The number of rotatable bonds is 2. The Morgan fingerprint density at radius 1 is 1.22 bits per heavy atom. The van der Waals surface area contributed by atoms with Gasteiger partial charge >= 0.3 is 0 Å². The van der Waals surface area contributed by atoms with Gasteiger partial charge in [-0.2, -0.15) is 0 Å². The van der Waals surface area contributed by atoms with Gasteiger partial charge in [0.15, 0.2) is 11.6 Å². The fourth-order valence-electron chi connectivity index (χ4n) is 2.26. The van der Waals surface area contributed by atoms with Crippen molar-refractivity contribution in [1.29, 1.82) is 0 Å². The summed E-state index contributed by atoms with van der Waals surface area (Å²) in [6, 6.07) is 3.12. The number of hydrogen-bond donors (Lipinski definition) is 2. The van der Waals surface area contributed by atoms with Gasteiger partial charge in [0.1, 0.15) is 15.5 Å². The van der Waals surface area contributed by atoms with E-state index in [1.54, 1.807) is 13.8 Å². The van der Waals surface area contributed by atoms with Gasteiger partial charge in [0.2, 0.25) is 0 Å². The zero-order chi connectivity index (χ0) is 16.7. The summed E-state index contributed by atoms with van der Waals surface area (Å²) in [5.74, 6) is -1.94. The number of aryl methyl sites for hydroxylation is 2. The maximum Gasteiger partial charge on any atom is 0.267 e. The van der Waals surface area contributed by atoms with E-state index in [0.717, 1.165) is 23.5 Å². The number of fused-ring (bicyclic) bond motifs is 1. The van der Waals surface area contributed by atoms with Gasteiger partial charge < -0.3 is 11.1 Å². The third-order valence-corrected chi connectivity index (χ3v) is 4.36. The van der Waals surface area contributed by atoms with Gasteiger partial charge in [-0.15, -0.1) is 11.3 Å². The molecule has 0 fully saturated rings. The SMILES string of the molecule is Cc1nc(C)c2c(N)c(C(=O)Nc3ccc(F)c(F)c3)sc2n1. The van der Waals surface area contributed by atoms with Crippen molar-refractivity contribution in [2.45, 2.75) is 13.8 Å². The highest BCUT2D eigenvalue weighted by atomic mass is 32.1. The minimum Gasteiger partial charge on any atom is -0.397 e. The molecule has 3 N–H and O–H groups in total. The molecule has 1 amide bonds. The normalized spacial score (nSPS) is 11.0. The van der Waals surface area contributed by atoms with Gasteiger partial charge in [0.25, 0.3) is 5.91 Å². The lowest BCUT2D eigenvalue weighted by molar-refractivity contribution is 0.103. The predicted octanol–water partition coefficient (Wildman–Crippen LogP) is 3.42. The summed E-state index contributed by atoms with van der Waals surface area (Å²) in [7, 11) is 0. The van der Waals surface area contributed by atoms with Gasteiger partial charge in [-0.05, 0) is 26.0 Å². The Kier molecular flexibility index (Phi) is 3.69. The van der Waals surface area contributed by atoms with E-state index in [0.29, 0.717) is 21.7 Å². The van der Waals surface area contributed by atoms with E-state index in [1.807, 2.05) is 0 Å². The molecule has 5 nitrogen and oxygen atoms in total. The van der Waals surface area contributed by atoms with Crippen LogP contribution in [-0.2, 0) is 0 Å². The Balaban J connectivity index is 1.99. The number of halogens is 2. The third-order valence-electron chi connectivity index (χ3n) is 3.26. The molecule has 0 aliphatic carbocycles. The molecule has 0 radical (unpaired) electrons. The summed E-state index contributed by atoms with van der Waals surface area (Å²) < 4.78 is 26.1. The number of nitrogens with one attached hydrogen (secondary N) is 1. The number of thiophene rings is 1. The third kappa shape index (κ3) is 2.72. The van der Waals surface area contributed by atoms with Crippen LogP contribution < -0.4 is 11.1 Å². The fourth-order valence-corrected chi connectivity index (χ4v) is 3.35. The van der Waals surface area contributed by atoms with E-state index >= 15 is 0 Å².